The molecule has 0 amide bonds. The number of rotatable bonds is 6. The molecule has 0 saturated carbocycles. The lowest BCUT2D eigenvalue weighted by atomic mass is 10.2. The Morgan fingerprint density at radius 2 is 1.75 bits per heavy atom. The fourth-order valence-electron chi connectivity index (χ4n) is 3.24. The first kappa shape index (κ1) is 20.1. The van der Waals surface area contributed by atoms with E-state index in [4.69, 9.17) is 26.4 Å². The minimum Gasteiger partial charge on any atom is -0.497 e. The topological polar surface area (TPSA) is 46.2 Å². The van der Waals surface area contributed by atoms with E-state index in [9.17, 15) is 0 Å². The first-order valence-corrected chi connectivity index (χ1v) is 9.81. The molecule has 150 valence electrons. The molecule has 2 aromatic rings. The molecule has 0 aromatic heterocycles. The van der Waals surface area contributed by atoms with E-state index in [0.717, 1.165) is 54.8 Å². The molecule has 0 unspecified atom stereocenters. The van der Waals surface area contributed by atoms with Gasteiger partial charge in [-0.2, -0.15) is 0 Å². The summed E-state index contributed by atoms with van der Waals surface area (Å²) >= 11 is 5.64. The van der Waals surface area contributed by atoms with E-state index in [0.29, 0.717) is 11.7 Å². The van der Waals surface area contributed by atoms with E-state index in [-0.39, 0.29) is 0 Å². The Morgan fingerprint density at radius 3 is 2.43 bits per heavy atom. The van der Waals surface area contributed by atoms with Crippen molar-refractivity contribution < 1.29 is 14.2 Å². The lowest BCUT2D eigenvalue weighted by Gasteiger charge is -2.38. The van der Waals surface area contributed by atoms with Gasteiger partial charge in [0.05, 0.1) is 32.2 Å². The maximum Gasteiger partial charge on any atom is 0.173 e. The van der Waals surface area contributed by atoms with E-state index >= 15 is 0 Å². The third-order valence-corrected chi connectivity index (χ3v) is 5.08. The number of anilines is 2. The predicted octanol–water partition coefficient (Wildman–Crippen LogP) is 3.62. The molecule has 0 aliphatic carbocycles. The standard InChI is InChI=1S/C21H27N3O3S/c1-4-27-19-8-6-5-7-17(19)22-21(28)24-13-11-23(12-14-24)18-10-9-16(25-2)15-20(18)26-3/h5-10,15H,4,11-14H2,1-3H3,(H,22,28). The third kappa shape index (κ3) is 4.59. The molecule has 0 radical (unpaired) electrons. The van der Waals surface area contributed by atoms with E-state index in [2.05, 4.69) is 15.1 Å². The molecular formula is C21H27N3O3S. The minimum atomic E-state index is 0.619. The highest BCUT2D eigenvalue weighted by Gasteiger charge is 2.22. The number of para-hydroxylation sites is 2. The van der Waals surface area contributed by atoms with Crippen LogP contribution in [0.15, 0.2) is 42.5 Å². The van der Waals surface area contributed by atoms with Gasteiger partial charge in [0, 0.05) is 32.2 Å². The number of benzene rings is 2. The molecule has 1 heterocycles. The van der Waals surface area contributed by atoms with Crippen LogP contribution in [0.1, 0.15) is 6.92 Å². The summed E-state index contributed by atoms with van der Waals surface area (Å²) in [4.78, 5) is 4.50. The van der Waals surface area contributed by atoms with Gasteiger partial charge in [0.1, 0.15) is 17.2 Å². The lowest BCUT2D eigenvalue weighted by molar-refractivity contribution is 0.341. The summed E-state index contributed by atoms with van der Waals surface area (Å²) in [5, 5.41) is 4.05. The van der Waals surface area contributed by atoms with E-state index < -0.39 is 0 Å². The largest absolute Gasteiger partial charge is 0.497 e. The Bertz CT molecular complexity index is 807. The minimum absolute atomic E-state index is 0.619. The van der Waals surface area contributed by atoms with Crippen molar-refractivity contribution in [3.63, 3.8) is 0 Å². The maximum atomic E-state index is 5.67. The summed E-state index contributed by atoms with van der Waals surface area (Å²) in [6.07, 6.45) is 0. The summed E-state index contributed by atoms with van der Waals surface area (Å²) in [5.74, 6) is 2.42. The number of piperazine rings is 1. The van der Waals surface area contributed by atoms with Gasteiger partial charge in [-0.1, -0.05) is 12.1 Å². The number of ether oxygens (including phenoxy) is 3. The Hall–Kier alpha value is -2.67. The summed E-state index contributed by atoms with van der Waals surface area (Å²) in [6, 6.07) is 13.8. The Morgan fingerprint density at radius 1 is 1.00 bits per heavy atom. The molecule has 1 N–H and O–H groups in total. The average Bonchev–Trinajstić information content (AvgIpc) is 2.75. The van der Waals surface area contributed by atoms with Crippen molar-refractivity contribution in [2.45, 2.75) is 6.92 Å². The molecule has 1 fully saturated rings. The highest BCUT2D eigenvalue weighted by atomic mass is 32.1. The van der Waals surface area contributed by atoms with Crippen molar-refractivity contribution in [2.24, 2.45) is 0 Å². The molecule has 0 atom stereocenters. The molecule has 2 aromatic carbocycles. The SMILES string of the molecule is CCOc1ccccc1NC(=S)N1CCN(c2ccc(OC)cc2OC)CC1. The van der Waals surface area contributed by atoms with Crippen molar-refractivity contribution in [2.75, 3.05) is 57.2 Å². The van der Waals surface area contributed by atoms with Crippen LogP contribution in [0.3, 0.4) is 0 Å². The smallest absolute Gasteiger partial charge is 0.173 e. The predicted molar refractivity (Wildman–Crippen MR) is 117 cm³/mol. The fraction of sp³-hybridized carbons (Fsp3) is 0.381. The molecule has 28 heavy (non-hydrogen) atoms. The van der Waals surface area contributed by atoms with Crippen LogP contribution in [0.5, 0.6) is 17.2 Å². The van der Waals surface area contributed by atoms with Crippen LogP contribution in [0.4, 0.5) is 11.4 Å². The van der Waals surface area contributed by atoms with Gasteiger partial charge in [-0.15, -0.1) is 0 Å². The second kappa shape index (κ2) is 9.50. The van der Waals surface area contributed by atoms with Gasteiger partial charge in [-0.3, -0.25) is 0 Å². The molecule has 6 nitrogen and oxygen atoms in total. The van der Waals surface area contributed by atoms with E-state index in [1.54, 1.807) is 14.2 Å². The third-order valence-electron chi connectivity index (χ3n) is 4.72. The molecule has 1 aliphatic rings. The highest BCUT2D eigenvalue weighted by Crippen LogP contribution is 2.33. The molecule has 1 aliphatic heterocycles. The zero-order valence-electron chi connectivity index (χ0n) is 16.6. The summed E-state index contributed by atoms with van der Waals surface area (Å²) in [6.45, 7) is 5.97. The number of thiocarbonyl (C=S) groups is 1. The van der Waals surface area contributed by atoms with Gasteiger partial charge in [0.25, 0.3) is 0 Å². The van der Waals surface area contributed by atoms with Crippen LogP contribution >= 0.6 is 12.2 Å². The monoisotopic (exact) mass is 401 g/mol. The van der Waals surface area contributed by atoms with Gasteiger partial charge >= 0.3 is 0 Å². The first-order valence-electron chi connectivity index (χ1n) is 9.41. The van der Waals surface area contributed by atoms with Crippen molar-refractivity contribution in [1.82, 2.24) is 4.90 Å². The normalized spacial score (nSPS) is 13.8. The number of hydrogen-bond donors (Lipinski definition) is 1. The quantitative estimate of drug-likeness (QED) is 0.742. The highest BCUT2D eigenvalue weighted by molar-refractivity contribution is 7.80. The molecule has 7 heteroatoms. The molecule has 1 saturated heterocycles. The van der Waals surface area contributed by atoms with Crippen molar-refractivity contribution in [3.05, 3.63) is 42.5 Å². The van der Waals surface area contributed by atoms with Gasteiger partial charge in [-0.25, -0.2) is 0 Å². The number of nitrogens with zero attached hydrogens (tertiary/aromatic N) is 2. The summed E-state index contributed by atoms with van der Waals surface area (Å²) < 4.78 is 16.5. The number of methoxy groups -OCH3 is 2. The zero-order chi connectivity index (χ0) is 19.9. The lowest BCUT2D eigenvalue weighted by Crippen LogP contribution is -2.50. The van der Waals surface area contributed by atoms with Gasteiger partial charge in [0.15, 0.2) is 5.11 Å². The average molecular weight is 402 g/mol. The van der Waals surface area contributed by atoms with Gasteiger partial charge in [-0.05, 0) is 43.4 Å². The van der Waals surface area contributed by atoms with Crippen LogP contribution in [-0.2, 0) is 0 Å². The molecule has 0 spiro atoms. The van der Waals surface area contributed by atoms with Gasteiger partial charge < -0.3 is 29.3 Å². The second-order valence-corrected chi connectivity index (χ2v) is 6.76. The first-order chi connectivity index (χ1) is 13.7. The molecule has 0 bridgehead atoms. The Balaban J connectivity index is 1.62. The van der Waals surface area contributed by atoms with Crippen molar-refractivity contribution in [1.29, 1.82) is 0 Å². The van der Waals surface area contributed by atoms with Crippen LogP contribution in [0.25, 0.3) is 0 Å². The van der Waals surface area contributed by atoms with Crippen molar-refractivity contribution in [3.8, 4) is 17.2 Å². The Kier molecular flexibility index (Phi) is 6.81. The fourth-order valence-corrected chi connectivity index (χ4v) is 3.53. The van der Waals surface area contributed by atoms with E-state index in [1.165, 1.54) is 0 Å². The van der Waals surface area contributed by atoms with Gasteiger partial charge in [0.2, 0.25) is 0 Å². The molecule has 3 rings (SSSR count). The maximum absolute atomic E-state index is 5.67. The number of hydrogen-bond acceptors (Lipinski definition) is 5. The zero-order valence-corrected chi connectivity index (χ0v) is 17.4. The Labute approximate surface area is 172 Å². The van der Waals surface area contributed by atoms with Crippen molar-refractivity contribution >= 4 is 28.7 Å². The van der Waals surface area contributed by atoms with E-state index in [1.807, 2.05) is 49.4 Å². The van der Waals surface area contributed by atoms with Crippen LogP contribution in [0.2, 0.25) is 0 Å². The van der Waals surface area contributed by atoms with Crippen LogP contribution in [-0.4, -0.2) is 57.0 Å². The van der Waals surface area contributed by atoms with Crippen LogP contribution < -0.4 is 24.4 Å². The summed E-state index contributed by atoms with van der Waals surface area (Å²) in [7, 11) is 3.34. The molecular weight excluding hydrogens is 374 g/mol. The number of nitrogens with one attached hydrogen (secondary N) is 1. The van der Waals surface area contributed by atoms with Crippen LogP contribution in [0, 0.1) is 0 Å². The summed E-state index contributed by atoms with van der Waals surface area (Å²) in [5.41, 5.74) is 1.97. The second-order valence-electron chi connectivity index (χ2n) is 6.37.